The Kier molecular flexibility index (Phi) is 3.03. The standard InChI is InChI=1S/C12H16O3/c1-8-6-5-7-9(11(13)14)10(8)15-12(2,3)4/h5-7H,1-4H3,(H,13,14). The van der Waals surface area contributed by atoms with E-state index in [0.29, 0.717) is 5.75 Å². The van der Waals surface area contributed by atoms with E-state index in [9.17, 15) is 4.79 Å². The maximum atomic E-state index is 11.0. The van der Waals surface area contributed by atoms with E-state index in [-0.39, 0.29) is 5.56 Å². The van der Waals surface area contributed by atoms with Crippen molar-refractivity contribution >= 4 is 5.97 Å². The first-order valence-electron chi connectivity index (χ1n) is 4.83. The molecular formula is C12H16O3. The molecule has 0 amide bonds. The first-order chi connectivity index (χ1) is 6.81. The van der Waals surface area contributed by atoms with E-state index in [2.05, 4.69) is 0 Å². The number of para-hydroxylation sites is 1. The molecule has 1 rings (SSSR count). The lowest BCUT2D eigenvalue weighted by molar-refractivity contribution is 0.0680. The number of hydrogen-bond donors (Lipinski definition) is 1. The third kappa shape index (κ3) is 2.98. The Bertz CT molecular complexity index is 375. The number of carboxylic acid groups (broad SMARTS) is 1. The minimum absolute atomic E-state index is 0.213. The lowest BCUT2D eigenvalue weighted by Crippen LogP contribution is -2.24. The van der Waals surface area contributed by atoms with Crippen LogP contribution in [0.5, 0.6) is 5.75 Å². The van der Waals surface area contributed by atoms with Crippen LogP contribution in [0.15, 0.2) is 18.2 Å². The van der Waals surface area contributed by atoms with Gasteiger partial charge in [-0.1, -0.05) is 12.1 Å². The molecule has 0 saturated carbocycles. The predicted octanol–water partition coefficient (Wildman–Crippen LogP) is 2.87. The molecule has 15 heavy (non-hydrogen) atoms. The summed E-state index contributed by atoms with van der Waals surface area (Å²) < 4.78 is 5.64. The Morgan fingerprint density at radius 3 is 2.40 bits per heavy atom. The molecule has 1 aromatic carbocycles. The van der Waals surface area contributed by atoms with Crippen molar-refractivity contribution in [2.24, 2.45) is 0 Å². The average molecular weight is 208 g/mol. The Morgan fingerprint density at radius 2 is 1.93 bits per heavy atom. The molecule has 0 unspecified atom stereocenters. The lowest BCUT2D eigenvalue weighted by Gasteiger charge is -2.23. The molecule has 3 heteroatoms. The maximum absolute atomic E-state index is 11.0. The molecule has 0 atom stereocenters. The van der Waals surface area contributed by atoms with E-state index in [1.54, 1.807) is 12.1 Å². The third-order valence-electron chi connectivity index (χ3n) is 1.85. The van der Waals surface area contributed by atoms with Gasteiger partial charge in [-0.2, -0.15) is 0 Å². The van der Waals surface area contributed by atoms with Crippen LogP contribution in [0.2, 0.25) is 0 Å². The van der Waals surface area contributed by atoms with E-state index >= 15 is 0 Å². The van der Waals surface area contributed by atoms with Gasteiger partial charge in [0, 0.05) is 0 Å². The summed E-state index contributed by atoms with van der Waals surface area (Å²) in [6.45, 7) is 7.52. The number of carbonyl (C=O) groups is 1. The summed E-state index contributed by atoms with van der Waals surface area (Å²) in [5, 5.41) is 9.01. The molecule has 0 aliphatic rings. The number of hydrogen-bond acceptors (Lipinski definition) is 2. The van der Waals surface area contributed by atoms with Gasteiger partial charge in [0.1, 0.15) is 16.9 Å². The van der Waals surface area contributed by atoms with Crippen molar-refractivity contribution < 1.29 is 14.6 Å². The van der Waals surface area contributed by atoms with Crippen LogP contribution in [0, 0.1) is 6.92 Å². The molecule has 0 fully saturated rings. The van der Waals surface area contributed by atoms with Gasteiger partial charge >= 0.3 is 5.97 Å². The Hall–Kier alpha value is -1.51. The number of ether oxygens (including phenoxy) is 1. The Morgan fingerprint density at radius 1 is 1.33 bits per heavy atom. The summed E-state index contributed by atoms with van der Waals surface area (Å²) in [4.78, 5) is 11.0. The van der Waals surface area contributed by atoms with Crippen molar-refractivity contribution in [2.75, 3.05) is 0 Å². The van der Waals surface area contributed by atoms with E-state index in [1.807, 2.05) is 33.8 Å². The molecule has 0 aliphatic heterocycles. The maximum Gasteiger partial charge on any atom is 0.339 e. The van der Waals surface area contributed by atoms with Crippen molar-refractivity contribution in [1.82, 2.24) is 0 Å². The molecule has 82 valence electrons. The molecule has 1 N–H and O–H groups in total. The second-order valence-electron chi connectivity index (χ2n) is 4.47. The fraction of sp³-hybridized carbons (Fsp3) is 0.417. The third-order valence-corrected chi connectivity index (χ3v) is 1.85. The number of aromatic carboxylic acids is 1. The fourth-order valence-corrected chi connectivity index (χ4v) is 1.26. The van der Waals surface area contributed by atoms with Gasteiger partial charge in [0.25, 0.3) is 0 Å². The molecule has 0 spiro atoms. The second-order valence-corrected chi connectivity index (χ2v) is 4.47. The zero-order valence-electron chi connectivity index (χ0n) is 9.50. The van der Waals surface area contributed by atoms with Gasteiger partial charge in [-0.05, 0) is 39.3 Å². The molecule has 0 bridgehead atoms. The number of benzene rings is 1. The molecule has 0 radical (unpaired) electrons. The molecule has 3 nitrogen and oxygen atoms in total. The normalized spacial score (nSPS) is 11.2. The summed E-state index contributed by atoms with van der Waals surface area (Å²) in [6, 6.07) is 5.11. The van der Waals surface area contributed by atoms with Gasteiger partial charge in [0.15, 0.2) is 0 Å². The van der Waals surface area contributed by atoms with E-state index in [4.69, 9.17) is 9.84 Å². The summed E-state index contributed by atoms with van der Waals surface area (Å²) >= 11 is 0. The Labute approximate surface area is 89.7 Å². The number of carboxylic acids is 1. The van der Waals surface area contributed by atoms with Crippen LogP contribution in [0.1, 0.15) is 36.7 Å². The van der Waals surface area contributed by atoms with Gasteiger partial charge in [0.2, 0.25) is 0 Å². The van der Waals surface area contributed by atoms with Crippen LogP contribution in [-0.4, -0.2) is 16.7 Å². The smallest absolute Gasteiger partial charge is 0.339 e. The molecular weight excluding hydrogens is 192 g/mol. The topological polar surface area (TPSA) is 46.5 Å². The quantitative estimate of drug-likeness (QED) is 0.812. The van der Waals surface area contributed by atoms with Gasteiger partial charge in [-0.25, -0.2) is 4.79 Å². The van der Waals surface area contributed by atoms with Gasteiger partial charge < -0.3 is 9.84 Å². The molecule has 0 saturated heterocycles. The lowest BCUT2D eigenvalue weighted by atomic mass is 10.1. The van der Waals surface area contributed by atoms with Crippen LogP contribution in [0.4, 0.5) is 0 Å². The summed E-state index contributed by atoms with van der Waals surface area (Å²) in [5.41, 5.74) is 0.658. The molecule has 0 aliphatic carbocycles. The Balaban J connectivity index is 3.19. The van der Waals surface area contributed by atoms with Crippen molar-refractivity contribution in [3.8, 4) is 5.75 Å². The van der Waals surface area contributed by atoms with Gasteiger partial charge in [-0.3, -0.25) is 0 Å². The highest BCUT2D eigenvalue weighted by atomic mass is 16.5. The van der Waals surface area contributed by atoms with Crippen molar-refractivity contribution in [2.45, 2.75) is 33.3 Å². The zero-order valence-corrected chi connectivity index (χ0v) is 9.50. The van der Waals surface area contributed by atoms with Crippen molar-refractivity contribution in [3.63, 3.8) is 0 Å². The molecule has 1 aromatic rings. The minimum atomic E-state index is -0.960. The van der Waals surface area contributed by atoms with E-state index < -0.39 is 11.6 Å². The molecule has 0 heterocycles. The van der Waals surface area contributed by atoms with E-state index in [1.165, 1.54) is 0 Å². The van der Waals surface area contributed by atoms with Crippen molar-refractivity contribution in [1.29, 1.82) is 0 Å². The predicted molar refractivity (Wildman–Crippen MR) is 58.5 cm³/mol. The SMILES string of the molecule is Cc1cccc(C(=O)O)c1OC(C)(C)C. The minimum Gasteiger partial charge on any atom is -0.487 e. The fourth-order valence-electron chi connectivity index (χ4n) is 1.26. The van der Waals surface area contributed by atoms with Crippen molar-refractivity contribution in [3.05, 3.63) is 29.3 Å². The average Bonchev–Trinajstić information content (AvgIpc) is 2.05. The zero-order chi connectivity index (χ0) is 11.6. The highest BCUT2D eigenvalue weighted by Gasteiger charge is 2.19. The van der Waals surface area contributed by atoms with Gasteiger partial charge in [-0.15, -0.1) is 0 Å². The first-order valence-corrected chi connectivity index (χ1v) is 4.83. The van der Waals surface area contributed by atoms with Crippen LogP contribution in [0.3, 0.4) is 0 Å². The van der Waals surface area contributed by atoms with E-state index in [0.717, 1.165) is 5.56 Å². The second kappa shape index (κ2) is 3.93. The van der Waals surface area contributed by atoms with Gasteiger partial charge in [0.05, 0.1) is 0 Å². The van der Waals surface area contributed by atoms with Crippen LogP contribution >= 0.6 is 0 Å². The highest BCUT2D eigenvalue weighted by molar-refractivity contribution is 5.91. The summed E-state index contributed by atoms with van der Waals surface area (Å²) in [5.74, 6) is -0.504. The monoisotopic (exact) mass is 208 g/mol. The number of rotatable bonds is 2. The van der Waals surface area contributed by atoms with Crippen LogP contribution in [0.25, 0.3) is 0 Å². The largest absolute Gasteiger partial charge is 0.487 e. The van der Waals surface area contributed by atoms with Crippen LogP contribution in [-0.2, 0) is 0 Å². The van der Waals surface area contributed by atoms with Crippen LogP contribution < -0.4 is 4.74 Å². The summed E-state index contributed by atoms with van der Waals surface area (Å²) in [6.07, 6.45) is 0. The number of aryl methyl sites for hydroxylation is 1. The first kappa shape index (κ1) is 11.6. The molecule has 0 aromatic heterocycles. The summed E-state index contributed by atoms with van der Waals surface area (Å²) in [7, 11) is 0. The highest BCUT2D eigenvalue weighted by Crippen LogP contribution is 2.27.